The van der Waals surface area contributed by atoms with Crippen LogP contribution in [0.25, 0.3) is 0 Å². The minimum atomic E-state index is -1.23. The van der Waals surface area contributed by atoms with Gasteiger partial charge in [0.25, 0.3) is 0 Å². The van der Waals surface area contributed by atoms with Crippen LogP contribution >= 0.6 is 0 Å². The number of carbonyl (C=O) groups is 1. The van der Waals surface area contributed by atoms with Crippen molar-refractivity contribution < 1.29 is 24.1 Å². The van der Waals surface area contributed by atoms with E-state index in [2.05, 4.69) is 9.97 Å². The highest BCUT2D eigenvalue weighted by molar-refractivity contribution is 5.92. The fourth-order valence-electron chi connectivity index (χ4n) is 0.972. The minimum absolute atomic E-state index is 0.0197. The largest absolute Gasteiger partial charge is 0.480 e. The molecule has 1 aromatic heterocycles. The molecule has 0 amide bonds. The Hall–Kier alpha value is -2.05. The number of carboxylic acid groups (broad SMARTS) is 1. The van der Waals surface area contributed by atoms with Gasteiger partial charge in [-0.15, -0.1) is 0 Å². The number of rotatable bonds is 4. The molecule has 0 saturated heterocycles. The smallest absolute Gasteiger partial charge is 0.346 e. The van der Waals surface area contributed by atoms with Gasteiger partial charge in [0.05, 0.1) is 21.3 Å². The summed E-state index contributed by atoms with van der Waals surface area (Å²) in [6.07, 6.45) is 0. The maximum absolute atomic E-state index is 10.9. The lowest BCUT2D eigenvalue weighted by Crippen LogP contribution is -2.08. The molecule has 7 heteroatoms. The van der Waals surface area contributed by atoms with E-state index in [1.807, 2.05) is 0 Å². The number of nitrogens with zero attached hydrogens (tertiary/aromatic N) is 2. The Kier molecular flexibility index (Phi) is 3.27. The van der Waals surface area contributed by atoms with Crippen molar-refractivity contribution in [2.75, 3.05) is 21.3 Å². The lowest BCUT2D eigenvalue weighted by molar-refractivity contribution is 0.0687. The summed E-state index contributed by atoms with van der Waals surface area (Å²) in [5.41, 5.74) is -0.235. The van der Waals surface area contributed by atoms with Gasteiger partial charge in [-0.2, -0.15) is 9.97 Å². The molecule has 7 nitrogen and oxygen atoms in total. The van der Waals surface area contributed by atoms with Crippen LogP contribution in [0.3, 0.4) is 0 Å². The molecule has 0 aliphatic carbocycles. The Bertz CT molecular complexity index is 354. The molecule has 15 heavy (non-hydrogen) atoms. The highest BCUT2D eigenvalue weighted by atomic mass is 16.5. The van der Waals surface area contributed by atoms with Gasteiger partial charge < -0.3 is 19.3 Å². The fraction of sp³-hybridized carbons (Fsp3) is 0.375. The fourth-order valence-corrected chi connectivity index (χ4v) is 0.972. The molecule has 82 valence electrons. The molecule has 0 spiro atoms. The molecule has 0 bridgehead atoms. The molecular weight excluding hydrogens is 204 g/mol. The van der Waals surface area contributed by atoms with Crippen LogP contribution in [0.5, 0.6) is 17.8 Å². The first-order valence-electron chi connectivity index (χ1n) is 3.91. The van der Waals surface area contributed by atoms with Gasteiger partial charge in [-0.3, -0.25) is 0 Å². The van der Waals surface area contributed by atoms with Crippen molar-refractivity contribution >= 4 is 5.97 Å². The van der Waals surface area contributed by atoms with Crippen LogP contribution < -0.4 is 14.2 Å². The van der Waals surface area contributed by atoms with Crippen molar-refractivity contribution in [2.45, 2.75) is 0 Å². The molecule has 0 fully saturated rings. The number of ether oxygens (including phenoxy) is 3. The van der Waals surface area contributed by atoms with E-state index in [1.54, 1.807) is 0 Å². The van der Waals surface area contributed by atoms with E-state index >= 15 is 0 Å². The molecule has 0 aromatic carbocycles. The van der Waals surface area contributed by atoms with Gasteiger partial charge in [-0.05, 0) is 0 Å². The van der Waals surface area contributed by atoms with Crippen molar-refractivity contribution in [3.05, 3.63) is 5.56 Å². The predicted molar refractivity (Wildman–Crippen MR) is 48.6 cm³/mol. The van der Waals surface area contributed by atoms with Crippen molar-refractivity contribution in [1.29, 1.82) is 0 Å². The highest BCUT2D eigenvalue weighted by Crippen LogP contribution is 2.26. The van der Waals surface area contributed by atoms with Crippen LogP contribution in [-0.4, -0.2) is 42.4 Å². The Morgan fingerprint density at radius 3 is 1.80 bits per heavy atom. The number of hydrogen-bond donors (Lipinski definition) is 1. The molecule has 0 radical (unpaired) electrons. The summed E-state index contributed by atoms with van der Waals surface area (Å²) in [6.45, 7) is 0. The topological polar surface area (TPSA) is 90.8 Å². The molecule has 1 aromatic rings. The highest BCUT2D eigenvalue weighted by Gasteiger charge is 2.22. The molecule has 0 unspecified atom stereocenters. The van der Waals surface area contributed by atoms with Crippen molar-refractivity contribution in [1.82, 2.24) is 9.97 Å². The standard InChI is InChI=1S/C8H10N2O5/c1-13-5-4(7(11)12)6(14-2)10-8(9-5)15-3/h1-3H3,(H,11,12). The number of hydrogen-bond acceptors (Lipinski definition) is 6. The lowest BCUT2D eigenvalue weighted by Gasteiger charge is -2.08. The second-order valence-corrected chi connectivity index (χ2v) is 2.41. The zero-order chi connectivity index (χ0) is 11.4. The van der Waals surface area contributed by atoms with Gasteiger partial charge in [0.2, 0.25) is 11.8 Å². The predicted octanol–water partition coefficient (Wildman–Crippen LogP) is 0.201. The average molecular weight is 214 g/mol. The lowest BCUT2D eigenvalue weighted by atomic mass is 10.3. The quantitative estimate of drug-likeness (QED) is 0.765. The van der Waals surface area contributed by atoms with Crippen molar-refractivity contribution in [3.63, 3.8) is 0 Å². The minimum Gasteiger partial charge on any atom is -0.480 e. The Morgan fingerprint density at radius 1 is 1.07 bits per heavy atom. The monoisotopic (exact) mass is 214 g/mol. The molecular formula is C8H10N2O5. The molecule has 0 saturated carbocycles. The van der Waals surface area contributed by atoms with E-state index in [0.717, 1.165) is 0 Å². The first-order valence-corrected chi connectivity index (χ1v) is 3.91. The number of aromatic carboxylic acids is 1. The maximum atomic E-state index is 10.9. The van der Waals surface area contributed by atoms with Crippen molar-refractivity contribution in [3.8, 4) is 17.8 Å². The van der Waals surface area contributed by atoms with E-state index in [4.69, 9.17) is 19.3 Å². The SMILES string of the molecule is COc1nc(OC)c(C(=O)O)c(OC)n1. The first kappa shape index (κ1) is 11.0. The third-order valence-electron chi connectivity index (χ3n) is 1.61. The van der Waals surface area contributed by atoms with Gasteiger partial charge in [0, 0.05) is 0 Å². The van der Waals surface area contributed by atoms with Crippen LogP contribution in [-0.2, 0) is 0 Å². The summed E-state index contributed by atoms with van der Waals surface area (Å²) in [5.74, 6) is -1.44. The third-order valence-corrected chi connectivity index (χ3v) is 1.61. The van der Waals surface area contributed by atoms with Crippen LogP contribution in [0, 0.1) is 0 Å². The zero-order valence-electron chi connectivity index (χ0n) is 8.47. The van der Waals surface area contributed by atoms with E-state index in [0.29, 0.717) is 0 Å². The number of methoxy groups -OCH3 is 3. The summed E-state index contributed by atoms with van der Waals surface area (Å²) in [4.78, 5) is 18.3. The van der Waals surface area contributed by atoms with Crippen LogP contribution in [0.2, 0.25) is 0 Å². The van der Waals surface area contributed by atoms with Gasteiger partial charge in [-0.25, -0.2) is 4.79 Å². The van der Waals surface area contributed by atoms with Crippen LogP contribution in [0.1, 0.15) is 10.4 Å². The van der Waals surface area contributed by atoms with Gasteiger partial charge in [0.15, 0.2) is 5.56 Å². The second-order valence-electron chi connectivity index (χ2n) is 2.41. The Balaban J connectivity index is 3.39. The number of carboxylic acids is 1. The molecule has 1 heterocycles. The summed E-state index contributed by atoms with van der Waals surface area (Å²) in [7, 11) is 3.95. The Morgan fingerprint density at radius 2 is 1.53 bits per heavy atom. The summed E-state index contributed by atoms with van der Waals surface area (Å²) in [5, 5.41) is 8.89. The number of aromatic nitrogens is 2. The molecule has 0 aliphatic rings. The third kappa shape index (κ3) is 2.06. The summed E-state index contributed by atoms with van der Waals surface area (Å²) < 4.78 is 14.4. The van der Waals surface area contributed by atoms with E-state index < -0.39 is 5.97 Å². The van der Waals surface area contributed by atoms with Gasteiger partial charge in [-0.1, -0.05) is 0 Å². The summed E-state index contributed by atoms with van der Waals surface area (Å²) >= 11 is 0. The zero-order valence-corrected chi connectivity index (χ0v) is 8.47. The molecule has 1 N–H and O–H groups in total. The molecule has 0 aliphatic heterocycles. The van der Waals surface area contributed by atoms with Crippen molar-refractivity contribution in [2.24, 2.45) is 0 Å². The van der Waals surface area contributed by atoms with Gasteiger partial charge in [0.1, 0.15) is 0 Å². The van der Waals surface area contributed by atoms with E-state index in [-0.39, 0.29) is 23.3 Å². The first-order chi connectivity index (χ1) is 7.13. The van der Waals surface area contributed by atoms with Crippen LogP contribution in [0.4, 0.5) is 0 Å². The second kappa shape index (κ2) is 4.45. The maximum Gasteiger partial charge on any atom is 0.346 e. The Labute approximate surface area is 85.6 Å². The normalized spacial score (nSPS) is 9.53. The molecule has 1 rings (SSSR count). The van der Waals surface area contributed by atoms with E-state index in [1.165, 1.54) is 21.3 Å². The van der Waals surface area contributed by atoms with E-state index in [9.17, 15) is 4.79 Å². The summed E-state index contributed by atoms with van der Waals surface area (Å²) in [6, 6.07) is -0.0197. The average Bonchev–Trinajstić information content (AvgIpc) is 2.26. The van der Waals surface area contributed by atoms with Gasteiger partial charge >= 0.3 is 12.0 Å². The van der Waals surface area contributed by atoms with Crippen LogP contribution in [0.15, 0.2) is 0 Å². The molecule has 0 atom stereocenters.